The molecule has 0 saturated carbocycles. The molecule has 1 rings (SSSR count). The van der Waals surface area contributed by atoms with Crippen molar-refractivity contribution in [3.05, 3.63) is 0 Å². The van der Waals surface area contributed by atoms with Crippen molar-refractivity contribution in [2.24, 2.45) is 22.7 Å². The summed E-state index contributed by atoms with van der Waals surface area (Å²) < 4.78 is 4.93. The fourth-order valence-corrected chi connectivity index (χ4v) is 5.83. The normalized spacial score (nSPS) is 13.6. The second-order valence-electron chi connectivity index (χ2n) is 18.0. The Bertz CT molecular complexity index is 807. The smallest absolute Gasteiger partial charge is 0.305 e. The van der Waals surface area contributed by atoms with Crippen molar-refractivity contribution in [3.8, 4) is 0 Å². The minimum absolute atomic E-state index is 0.0343. The Morgan fingerprint density at radius 3 is 1.58 bits per heavy atom. The number of rotatable bonds is 27. The lowest BCUT2D eigenvalue weighted by molar-refractivity contribution is -0.143. The van der Waals surface area contributed by atoms with E-state index in [-0.39, 0.29) is 5.97 Å². The number of nitrogens with zero attached hydrogens (tertiary/aromatic N) is 5. The van der Waals surface area contributed by atoms with Gasteiger partial charge in [-0.3, -0.25) is 4.79 Å². The van der Waals surface area contributed by atoms with Gasteiger partial charge in [-0.05, 0) is 157 Å². The Balaban J connectivity index is -0.0000000988. The SMILES string of the molecule is CCC(C)CN(C)C.CCC(C)N(CC)CC.CCC/C=N/O.CCC1CCCN(C)C1.CCCCCCC(=O)OCCC.CCCCN.CCCCN(C)O.CCCCNC.CCCNC. The van der Waals surface area contributed by atoms with E-state index in [1.807, 2.05) is 27.9 Å². The van der Waals surface area contributed by atoms with Crippen molar-refractivity contribution in [1.82, 2.24) is 30.4 Å². The van der Waals surface area contributed by atoms with Gasteiger partial charge in [-0.15, -0.1) is 5.16 Å². The minimum atomic E-state index is -0.0343. The van der Waals surface area contributed by atoms with E-state index >= 15 is 0 Å². The molecule has 1 heterocycles. The number of piperidine rings is 1. The molecule has 1 saturated heterocycles. The number of esters is 1. The third kappa shape index (κ3) is 98.9. The molecule has 6 N–H and O–H groups in total. The monoisotopic (exact) mass is 967 g/mol. The van der Waals surface area contributed by atoms with Gasteiger partial charge < -0.3 is 46.2 Å². The Morgan fingerprint density at radius 1 is 0.776 bits per heavy atom. The topological polar surface area (TPSA) is 142 Å². The van der Waals surface area contributed by atoms with Crippen molar-refractivity contribution >= 4 is 12.2 Å². The molecule has 67 heavy (non-hydrogen) atoms. The van der Waals surface area contributed by atoms with Crippen LogP contribution in [0.4, 0.5) is 0 Å². The number of hydroxylamine groups is 2. The van der Waals surface area contributed by atoms with Gasteiger partial charge in [0.2, 0.25) is 0 Å². The number of carbonyl (C=O) groups is 1. The average molecular weight is 968 g/mol. The molecule has 0 aromatic rings. The van der Waals surface area contributed by atoms with Crippen molar-refractivity contribution in [2.45, 2.75) is 231 Å². The molecule has 1 aliphatic heterocycles. The van der Waals surface area contributed by atoms with Gasteiger partial charge in [0.25, 0.3) is 0 Å². The van der Waals surface area contributed by atoms with Crippen LogP contribution in [-0.2, 0) is 9.53 Å². The van der Waals surface area contributed by atoms with Gasteiger partial charge in [0, 0.05) is 45.4 Å². The predicted molar refractivity (Wildman–Crippen MR) is 303 cm³/mol. The summed E-state index contributed by atoms with van der Waals surface area (Å²) in [6.07, 6.45) is 24.7. The summed E-state index contributed by atoms with van der Waals surface area (Å²) in [5, 5.41) is 26.4. The van der Waals surface area contributed by atoms with Crippen molar-refractivity contribution in [2.75, 3.05) is 108 Å². The first-order chi connectivity index (χ1) is 32.0. The maximum absolute atomic E-state index is 10.9. The van der Waals surface area contributed by atoms with Crippen LogP contribution in [0.25, 0.3) is 0 Å². The van der Waals surface area contributed by atoms with E-state index in [2.05, 4.69) is 135 Å². The Labute approximate surface area is 423 Å². The molecule has 12 heteroatoms. The molecule has 0 spiro atoms. The van der Waals surface area contributed by atoms with Crippen LogP contribution in [0.1, 0.15) is 225 Å². The zero-order chi connectivity index (χ0) is 53.4. The first-order valence-corrected chi connectivity index (χ1v) is 27.8. The number of unbranched alkanes of at least 4 members (excludes halogenated alkanes) is 7. The summed E-state index contributed by atoms with van der Waals surface area (Å²) in [5.74, 6) is 1.81. The highest BCUT2D eigenvalue weighted by molar-refractivity contribution is 5.69. The fraction of sp³-hybridized carbons (Fsp3) is 0.964. The number of hydrogen-bond donors (Lipinski definition) is 5. The second-order valence-corrected chi connectivity index (χ2v) is 18.0. The van der Waals surface area contributed by atoms with E-state index in [9.17, 15) is 4.79 Å². The van der Waals surface area contributed by atoms with Gasteiger partial charge in [0.1, 0.15) is 0 Å². The summed E-state index contributed by atoms with van der Waals surface area (Å²) in [5.41, 5.74) is 5.14. The highest BCUT2D eigenvalue weighted by Gasteiger charge is 2.14. The number of oxime groups is 1. The molecular formula is C55H130N8O4. The largest absolute Gasteiger partial charge is 0.466 e. The van der Waals surface area contributed by atoms with Crippen LogP contribution in [-0.4, -0.2) is 156 Å². The van der Waals surface area contributed by atoms with Crippen LogP contribution >= 0.6 is 0 Å². The van der Waals surface area contributed by atoms with Crippen LogP contribution < -0.4 is 16.4 Å². The molecule has 0 aromatic heterocycles. The third-order valence-electron chi connectivity index (χ3n) is 10.6. The average Bonchev–Trinajstić information content (AvgIpc) is 3.32. The van der Waals surface area contributed by atoms with Gasteiger partial charge in [-0.1, -0.05) is 148 Å². The zero-order valence-electron chi connectivity index (χ0n) is 49.5. The van der Waals surface area contributed by atoms with Crippen LogP contribution in [0.3, 0.4) is 0 Å². The standard InChI is InChI=1S/C10H20O2.C8H17N.C8H19N.C7H17N.C5H13NO.C5H13N.C4H9NO.2C4H11N/c1-3-5-6-7-8-10(11)12-9-4-2;1-3-8-5-4-6-9(2)7-8;1-5-8(4)9(6-2)7-3;1-5-7(2)6-8(3)4;1-3-4-5-6(2)7;1-3-4-5-6-2;1-2-3-4-5-6;1-3-4-5-2;1-2-3-4-5/h3-9H2,1-2H3;8H,3-7H2,1-2H3;8H,5-7H2,1-4H3;7H,5-6H2,1-4H3;7H,3-5H2,1-2H3;6H,3-5H2,1-2H3;4,6H,2-3H2,1H3;5H,3-4H2,1-2H3;2-5H2,1H3/b;;;;;;5-4+;;. The van der Waals surface area contributed by atoms with E-state index in [0.29, 0.717) is 13.0 Å². The molecule has 0 radical (unpaired) electrons. The third-order valence-corrected chi connectivity index (χ3v) is 10.6. The molecular weight excluding hydrogens is 837 g/mol. The van der Waals surface area contributed by atoms with E-state index in [1.54, 1.807) is 7.05 Å². The molecule has 414 valence electrons. The molecule has 0 bridgehead atoms. The number of nitrogens with one attached hydrogen (secondary N) is 2. The summed E-state index contributed by atoms with van der Waals surface area (Å²) >= 11 is 0. The lowest BCUT2D eigenvalue weighted by Gasteiger charge is -2.28. The lowest BCUT2D eigenvalue weighted by atomic mass is 9.96. The summed E-state index contributed by atoms with van der Waals surface area (Å²) in [6.45, 7) is 41.3. The van der Waals surface area contributed by atoms with Gasteiger partial charge in [-0.2, -0.15) is 5.06 Å². The molecule has 3 atom stereocenters. The van der Waals surface area contributed by atoms with Gasteiger partial charge in [0.15, 0.2) is 0 Å². The second kappa shape index (κ2) is 78.8. The molecule has 0 aliphatic carbocycles. The zero-order valence-corrected chi connectivity index (χ0v) is 49.5. The quantitative estimate of drug-likeness (QED) is 0.0177. The minimum Gasteiger partial charge on any atom is -0.466 e. The molecule has 3 unspecified atom stereocenters. The fourth-order valence-electron chi connectivity index (χ4n) is 5.83. The number of hydrogen-bond acceptors (Lipinski definition) is 12. The van der Waals surface area contributed by atoms with Crippen molar-refractivity contribution in [3.63, 3.8) is 0 Å². The predicted octanol–water partition coefficient (Wildman–Crippen LogP) is 13.1. The number of carbonyl (C=O) groups excluding carboxylic acids is 1. The first kappa shape index (κ1) is 82.5. The highest BCUT2D eigenvalue weighted by atomic mass is 16.5. The summed E-state index contributed by atoms with van der Waals surface area (Å²) in [6, 6.07) is 0.764. The maximum Gasteiger partial charge on any atom is 0.305 e. The molecule has 1 aliphatic rings. The number of likely N-dealkylation sites (tertiary alicyclic amines) is 1. The molecule has 12 nitrogen and oxygen atoms in total. The van der Waals surface area contributed by atoms with Crippen LogP contribution in [0.15, 0.2) is 5.16 Å². The first-order valence-electron chi connectivity index (χ1n) is 27.8. The van der Waals surface area contributed by atoms with Crippen molar-refractivity contribution in [1.29, 1.82) is 0 Å². The van der Waals surface area contributed by atoms with E-state index in [4.69, 9.17) is 20.9 Å². The van der Waals surface area contributed by atoms with Crippen molar-refractivity contribution < 1.29 is 19.9 Å². The van der Waals surface area contributed by atoms with Gasteiger partial charge in [-0.25, -0.2) is 0 Å². The van der Waals surface area contributed by atoms with E-state index < -0.39 is 0 Å². The lowest BCUT2D eigenvalue weighted by Crippen LogP contribution is -2.31. The Hall–Kier alpha value is -1.38. The molecule has 0 aromatic carbocycles. The van der Waals surface area contributed by atoms with E-state index in [1.165, 1.54) is 121 Å². The number of ether oxygens (including phenoxy) is 1. The van der Waals surface area contributed by atoms with Crippen LogP contribution in [0.5, 0.6) is 0 Å². The molecule has 0 amide bonds. The van der Waals surface area contributed by atoms with Crippen LogP contribution in [0, 0.1) is 11.8 Å². The molecule has 1 fully saturated rings. The van der Waals surface area contributed by atoms with E-state index in [0.717, 1.165) is 89.0 Å². The van der Waals surface area contributed by atoms with Crippen LogP contribution in [0.2, 0.25) is 0 Å². The summed E-state index contributed by atoms with van der Waals surface area (Å²) in [4.78, 5) is 18.1. The van der Waals surface area contributed by atoms with Gasteiger partial charge >= 0.3 is 5.97 Å². The number of nitrogens with two attached hydrogens (primary N) is 1. The summed E-state index contributed by atoms with van der Waals surface area (Å²) in [7, 11) is 12.1. The highest BCUT2D eigenvalue weighted by Crippen LogP contribution is 2.17. The maximum atomic E-state index is 10.9. The Morgan fingerprint density at radius 2 is 1.34 bits per heavy atom. The Kier molecular flexibility index (Phi) is 97.0. The van der Waals surface area contributed by atoms with Gasteiger partial charge in [0.05, 0.1) is 6.61 Å².